The third-order valence-corrected chi connectivity index (χ3v) is 1.90. The van der Waals surface area contributed by atoms with Gasteiger partial charge in [-0.1, -0.05) is 32.0 Å². The van der Waals surface area contributed by atoms with Gasteiger partial charge in [0, 0.05) is 12.8 Å². The van der Waals surface area contributed by atoms with E-state index in [-0.39, 0.29) is 5.97 Å². The first-order valence-corrected chi connectivity index (χ1v) is 5.17. The minimum atomic E-state index is -0.486. The quantitative estimate of drug-likeness (QED) is 0.551. The molecule has 0 saturated heterocycles. The highest BCUT2D eigenvalue weighted by atomic mass is 16.7. The molecular weight excluding hydrogens is 192 g/mol. The number of esters is 1. The first-order valence-electron chi connectivity index (χ1n) is 5.17. The van der Waals surface area contributed by atoms with Crippen LogP contribution in [0.25, 0.3) is 0 Å². The number of hydrogen-bond donors (Lipinski definition) is 0. The van der Waals surface area contributed by atoms with E-state index >= 15 is 0 Å². The second-order valence-electron chi connectivity index (χ2n) is 3.11. The summed E-state index contributed by atoms with van der Waals surface area (Å²) < 4.78 is 10.6. The Morgan fingerprint density at radius 2 is 1.93 bits per heavy atom. The first kappa shape index (κ1) is 11.6. The fourth-order valence-electron chi connectivity index (χ4n) is 1.07. The maximum absolute atomic E-state index is 11.1. The fraction of sp³-hybridized carbons (Fsp3) is 0.417. The van der Waals surface area contributed by atoms with Crippen molar-refractivity contribution >= 4 is 5.97 Å². The van der Waals surface area contributed by atoms with E-state index in [0.29, 0.717) is 18.6 Å². The summed E-state index contributed by atoms with van der Waals surface area (Å²) in [4.78, 5) is 11.1. The predicted molar refractivity (Wildman–Crippen MR) is 57.5 cm³/mol. The molecule has 0 aliphatic rings. The molecule has 0 saturated carbocycles. The summed E-state index contributed by atoms with van der Waals surface area (Å²) in [5, 5.41) is 0. The van der Waals surface area contributed by atoms with E-state index in [1.54, 1.807) is 6.92 Å². The van der Waals surface area contributed by atoms with Crippen molar-refractivity contribution in [1.82, 2.24) is 0 Å². The van der Waals surface area contributed by atoms with E-state index in [1.165, 1.54) is 0 Å². The zero-order valence-electron chi connectivity index (χ0n) is 9.10. The van der Waals surface area contributed by atoms with E-state index in [4.69, 9.17) is 9.47 Å². The highest BCUT2D eigenvalue weighted by molar-refractivity contribution is 5.68. The van der Waals surface area contributed by atoms with E-state index in [9.17, 15) is 4.79 Å². The summed E-state index contributed by atoms with van der Waals surface area (Å²) in [6.45, 7) is 3.67. The Morgan fingerprint density at radius 3 is 2.47 bits per heavy atom. The Labute approximate surface area is 90.0 Å². The monoisotopic (exact) mass is 208 g/mol. The van der Waals surface area contributed by atoms with Gasteiger partial charge in [-0.05, 0) is 12.1 Å². The molecule has 15 heavy (non-hydrogen) atoms. The van der Waals surface area contributed by atoms with Crippen LogP contribution in [-0.4, -0.2) is 12.3 Å². The Bertz CT molecular complexity index is 295. The lowest BCUT2D eigenvalue weighted by Gasteiger charge is -2.17. The average molecular weight is 208 g/mol. The molecule has 0 aliphatic carbocycles. The third-order valence-electron chi connectivity index (χ3n) is 1.90. The number of carbonyl (C=O) groups excluding carboxylic acids is 1. The molecule has 0 heterocycles. The van der Waals surface area contributed by atoms with Crippen LogP contribution in [0.1, 0.15) is 26.7 Å². The number of carbonyl (C=O) groups is 1. The van der Waals surface area contributed by atoms with Crippen LogP contribution < -0.4 is 4.74 Å². The maximum atomic E-state index is 11.1. The summed E-state index contributed by atoms with van der Waals surface area (Å²) in [5.74, 6) is 0.478. The topological polar surface area (TPSA) is 35.5 Å². The number of para-hydroxylation sites is 1. The van der Waals surface area contributed by atoms with Gasteiger partial charge in [0.05, 0.1) is 0 Å². The molecule has 1 rings (SSSR count). The molecule has 0 bridgehead atoms. The lowest BCUT2D eigenvalue weighted by atomic mass is 10.3. The second-order valence-corrected chi connectivity index (χ2v) is 3.11. The van der Waals surface area contributed by atoms with Crippen LogP contribution >= 0.6 is 0 Å². The van der Waals surface area contributed by atoms with Gasteiger partial charge in [-0.2, -0.15) is 0 Å². The normalized spacial score (nSPS) is 11.9. The van der Waals surface area contributed by atoms with Gasteiger partial charge in [-0.25, -0.2) is 0 Å². The van der Waals surface area contributed by atoms with Crippen LogP contribution in [0.5, 0.6) is 5.75 Å². The molecule has 1 atom stereocenters. The van der Waals surface area contributed by atoms with Gasteiger partial charge in [0.2, 0.25) is 6.29 Å². The highest BCUT2D eigenvalue weighted by Gasteiger charge is 2.11. The van der Waals surface area contributed by atoms with Crippen molar-refractivity contribution in [2.24, 2.45) is 0 Å². The summed E-state index contributed by atoms with van der Waals surface area (Å²) in [6.07, 6.45) is 0.523. The molecular formula is C12H16O3. The molecule has 0 radical (unpaired) electrons. The van der Waals surface area contributed by atoms with E-state index in [1.807, 2.05) is 37.3 Å². The Kier molecular flexibility index (Phi) is 4.68. The van der Waals surface area contributed by atoms with Gasteiger partial charge < -0.3 is 9.47 Å². The van der Waals surface area contributed by atoms with Gasteiger partial charge in [0.15, 0.2) is 0 Å². The lowest BCUT2D eigenvalue weighted by molar-refractivity contribution is -0.163. The molecule has 3 nitrogen and oxygen atoms in total. The Hall–Kier alpha value is -1.51. The summed E-state index contributed by atoms with van der Waals surface area (Å²) >= 11 is 0. The molecule has 0 aromatic heterocycles. The number of ether oxygens (including phenoxy) is 2. The SMILES string of the molecule is CCC(=O)OC(CC)Oc1ccccc1. The van der Waals surface area contributed by atoms with Crippen LogP contribution in [-0.2, 0) is 9.53 Å². The van der Waals surface area contributed by atoms with Crippen LogP contribution in [0.15, 0.2) is 30.3 Å². The fourth-order valence-corrected chi connectivity index (χ4v) is 1.07. The molecule has 1 aromatic carbocycles. The van der Waals surface area contributed by atoms with Gasteiger partial charge in [-0.15, -0.1) is 0 Å². The van der Waals surface area contributed by atoms with Gasteiger partial charge in [-0.3, -0.25) is 4.79 Å². The average Bonchev–Trinajstić information content (AvgIpc) is 2.29. The minimum absolute atomic E-state index is 0.238. The predicted octanol–water partition coefficient (Wildman–Crippen LogP) is 2.75. The summed E-state index contributed by atoms with van der Waals surface area (Å²) in [7, 11) is 0. The Balaban J connectivity index is 2.50. The summed E-state index contributed by atoms with van der Waals surface area (Å²) in [5.41, 5.74) is 0. The zero-order chi connectivity index (χ0) is 11.1. The van der Waals surface area contributed by atoms with Crippen LogP contribution in [0.3, 0.4) is 0 Å². The van der Waals surface area contributed by atoms with Crippen LogP contribution in [0, 0.1) is 0 Å². The number of rotatable bonds is 5. The Morgan fingerprint density at radius 1 is 1.27 bits per heavy atom. The van der Waals surface area contributed by atoms with E-state index < -0.39 is 6.29 Å². The van der Waals surface area contributed by atoms with Gasteiger partial charge in [0.25, 0.3) is 0 Å². The molecule has 1 unspecified atom stereocenters. The van der Waals surface area contributed by atoms with Crippen molar-refractivity contribution in [3.63, 3.8) is 0 Å². The van der Waals surface area contributed by atoms with Crippen LogP contribution in [0.4, 0.5) is 0 Å². The van der Waals surface area contributed by atoms with Crippen molar-refractivity contribution in [2.45, 2.75) is 33.0 Å². The summed E-state index contributed by atoms with van der Waals surface area (Å²) in [6, 6.07) is 9.34. The molecule has 0 aliphatic heterocycles. The number of hydrogen-bond acceptors (Lipinski definition) is 3. The largest absolute Gasteiger partial charge is 0.455 e. The second kappa shape index (κ2) is 6.06. The molecule has 1 aromatic rings. The molecule has 82 valence electrons. The highest BCUT2D eigenvalue weighted by Crippen LogP contribution is 2.13. The smallest absolute Gasteiger partial charge is 0.308 e. The van der Waals surface area contributed by atoms with E-state index in [0.717, 1.165) is 0 Å². The molecule has 0 spiro atoms. The standard InChI is InChI=1S/C12H16O3/c1-3-11(13)15-12(4-2)14-10-8-6-5-7-9-10/h5-9,12H,3-4H2,1-2H3. The van der Waals surface area contributed by atoms with Crippen molar-refractivity contribution < 1.29 is 14.3 Å². The molecule has 0 fully saturated rings. The first-order chi connectivity index (χ1) is 7.26. The molecule has 0 amide bonds. The van der Waals surface area contributed by atoms with Crippen molar-refractivity contribution in [2.75, 3.05) is 0 Å². The molecule has 3 heteroatoms. The number of benzene rings is 1. The third kappa shape index (κ3) is 4.02. The lowest BCUT2D eigenvalue weighted by Crippen LogP contribution is -2.23. The van der Waals surface area contributed by atoms with Crippen molar-refractivity contribution in [3.05, 3.63) is 30.3 Å². The van der Waals surface area contributed by atoms with Crippen molar-refractivity contribution in [1.29, 1.82) is 0 Å². The molecule has 0 N–H and O–H groups in total. The van der Waals surface area contributed by atoms with E-state index in [2.05, 4.69) is 0 Å². The van der Waals surface area contributed by atoms with Gasteiger partial charge >= 0.3 is 5.97 Å². The maximum Gasteiger partial charge on any atom is 0.308 e. The van der Waals surface area contributed by atoms with Crippen LogP contribution in [0.2, 0.25) is 0 Å². The zero-order valence-corrected chi connectivity index (χ0v) is 9.10. The van der Waals surface area contributed by atoms with Crippen molar-refractivity contribution in [3.8, 4) is 5.75 Å². The minimum Gasteiger partial charge on any atom is -0.455 e. The van der Waals surface area contributed by atoms with Gasteiger partial charge in [0.1, 0.15) is 5.75 Å².